The molecular formula is C21H23N3O4. The van der Waals surface area contributed by atoms with Crippen molar-refractivity contribution in [3.63, 3.8) is 0 Å². The number of hydrogen-bond acceptors (Lipinski definition) is 6. The predicted octanol–water partition coefficient (Wildman–Crippen LogP) is 3.22. The molecule has 146 valence electrons. The fourth-order valence-corrected chi connectivity index (χ4v) is 3.39. The molecule has 0 atom stereocenters. The summed E-state index contributed by atoms with van der Waals surface area (Å²) in [6, 6.07) is 6.43. The maximum absolute atomic E-state index is 13.4. The quantitative estimate of drug-likeness (QED) is 0.447. The number of anilines is 3. The number of fused-ring (bicyclic) bond motifs is 2. The zero-order chi connectivity index (χ0) is 20.4. The van der Waals surface area contributed by atoms with Crippen LogP contribution in [0, 0.1) is 0 Å². The zero-order valence-corrected chi connectivity index (χ0v) is 16.1. The maximum Gasteiger partial charge on any atom is 0.221 e. The van der Waals surface area contributed by atoms with Crippen LogP contribution in [0.25, 0.3) is 0 Å². The summed E-state index contributed by atoms with van der Waals surface area (Å²) in [6.45, 7) is 4.05. The molecule has 0 aromatic heterocycles. The van der Waals surface area contributed by atoms with Gasteiger partial charge in [-0.05, 0) is 12.5 Å². The van der Waals surface area contributed by atoms with Crippen molar-refractivity contribution in [2.24, 2.45) is 0 Å². The topological polar surface area (TPSA) is 111 Å². The van der Waals surface area contributed by atoms with Crippen molar-refractivity contribution >= 4 is 34.5 Å². The molecule has 0 aliphatic heterocycles. The third-order valence-electron chi connectivity index (χ3n) is 4.70. The van der Waals surface area contributed by atoms with Gasteiger partial charge in [0.2, 0.25) is 5.91 Å². The highest BCUT2D eigenvalue weighted by Gasteiger charge is 2.36. The Kier molecular flexibility index (Phi) is 5.35. The van der Waals surface area contributed by atoms with E-state index < -0.39 is 0 Å². The summed E-state index contributed by atoms with van der Waals surface area (Å²) in [7, 11) is 1.46. The Morgan fingerprint density at radius 1 is 1.11 bits per heavy atom. The smallest absolute Gasteiger partial charge is 0.221 e. The average Bonchev–Trinajstić information content (AvgIpc) is 2.66. The van der Waals surface area contributed by atoms with Gasteiger partial charge >= 0.3 is 0 Å². The highest BCUT2D eigenvalue weighted by molar-refractivity contribution is 6.34. The highest BCUT2D eigenvalue weighted by Crippen LogP contribution is 2.42. The van der Waals surface area contributed by atoms with Gasteiger partial charge in [-0.15, -0.1) is 0 Å². The van der Waals surface area contributed by atoms with Gasteiger partial charge in [-0.1, -0.05) is 25.5 Å². The lowest BCUT2D eigenvalue weighted by molar-refractivity contribution is -0.114. The Labute approximate surface area is 163 Å². The third kappa shape index (κ3) is 3.19. The number of carbonyl (C=O) groups excluding carboxylic acids is 3. The molecule has 0 saturated heterocycles. The van der Waals surface area contributed by atoms with Gasteiger partial charge < -0.3 is 21.1 Å². The molecule has 0 saturated carbocycles. The number of rotatable bonds is 6. The van der Waals surface area contributed by atoms with E-state index in [0.29, 0.717) is 23.7 Å². The van der Waals surface area contributed by atoms with Gasteiger partial charge in [0.05, 0.1) is 35.2 Å². The van der Waals surface area contributed by atoms with Crippen LogP contribution in [0.5, 0.6) is 5.75 Å². The number of ketones is 2. The summed E-state index contributed by atoms with van der Waals surface area (Å²) in [5.41, 5.74) is 7.85. The number of nitrogen functional groups attached to an aromatic ring is 1. The normalized spacial score (nSPS) is 12.2. The minimum Gasteiger partial charge on any atom is -0.494 e. The molecule has 0 heterocycles. The van der Waals surface area contributed by atoms with E-state index in [0.717, 1.165) is 12.8 Å². The van der Waals surface area contributed by atoms with Gasteiger partial charge in [0.1, 0.15) is 5.75 Å². The summed E-state index contributed by atoms with van der Waals surface area (Å²) in [4.78, 5) is 38.2. The highest BCUT2D eigenvalue weighted by atomic mass is 16.5. The van der Waals surface area contributed by atoms with E-state index in [1.54, 1.807) is 24.3 Å². The van der Waals surface area contributed by atoms with E-state index in [2.05, 4.69) is 17.6 Å². The molecule has 7 nitrogen and oxygen atoms in total. The maximum atomic E-state index is 13.4. The minimum absolute atomic E-state index is 0.132. The lowest BCUT2D eigenvalue weighted by Gasteiger charge is -2.25. The van der Waals surface area contributed by atoms with E-state index in [1.807, 2.05) is 0 Å². The van der Waals surface area contributed by atoms with Gasteiger partial charge in [-0.25, -0.2) is 0 Å². The first-order valence-electron chi connectivity index (χ1n) is 9.15. The summed E-state index contributed by atoms with van der Waals surface area (Å²) in [5.74, 6) is -0.718. The molecule has 4 N–H and O–H groups in total. The van der Waals surface area contributed by atoms with Crippen molar-refractivity contribution < 1.29 is 19.1 Å². The fraction of sp³-hybridized carbons (Fsp3) is 0.286. The number of nitrogens with two attached hydrogens (primary N) is 1. The van der Waals surface area contributed by atoms with Crippen LogP contribution in [0.15, 0.2) is 24.3 Å². The second-order valence-corrected chi connectivity index (χ2v) is 6.64. The summed E-state index contributed by atoms with van der Waals surface area (Å²) in [5, 5.41) is 5.86. The van der Waals surface area contributed by atoms with Crippen LogP contribution in [-0.2, 0) is 4.79 Å². The molecule has 0 radical (unpaired) electrons. The van der Waals surface area contributed by atoms with E-state index in [9.17, 15) is 14.4 Å². The van der Waals surface area contributed by atoms with Crippen LogP contribution < -0.4 is 21.1 Å². The average molecular weight is 381 g/mol. The first-order chi connectivity index (χ1) is 13.4. The van der Waals surface area contributed by atoms with E-state index in [4.69, 9.17) is 10.5 Å². The molecule has 0 bridgehead atoms. The number of nitrogens with one attached hydrogen (secondary N) is 2. The Morgan fingerprint density at radius 3 is 2.50 bits per heavy atom. The van der Waals surface area contributed by atoms with Crippen molar-refractivity contribution in [3.8, 4) is 5.75 Å². The minimum atomic E-state index is -0.369. The SMILES string of the molecule is CCCCNc1cc(OC)c(N)c2c1C(=O)c1c(NC(C)=O)cccc1C2=O. The Morgan fingerprint density at radius 2 is 1.86 bits per heavy atom. The van der Waals surface area contributed by atoms with Crippen LogP contribution in [0.1, 0.15) is 58.5 Å². The number of ether oxygens (including phenoxy) is 1. The number of amides is 1. The van der Waals surface area contributed by atoms with Crippen molar-refractivity contribution in [1.82, 2.24) is 0 Å². The molecule has 0 spiro atoms. The summed E-state index contributed by atoms with van der Waals surface area (Å²) < 4.78 is 5.32. The van der Waals surface area contributed by atoms with Gasteiger partial charge in [0.25, 0.3) is 0 Å². The van der Waals surface area contributed by atoms with Crippen molar-refractivity contribution in [2.45, 2.75) is 26.7 Å². The molecule has 3 rings (SSSR count). The molecular weight excluding hydrogens is 358 g/mol. The van der Waals surface area contributed by atoms with Crippen molar-refractivity contribution in [3.05, 3.63) is 46.5 Å². The Balaban J connectivity index is 2.24. The molecule has 7 heteroatoms. The monoisotopic (exact) mass is 381 g/mol. The first kappa shape index (κ1) is 19.4. The van der Waals surface area contributed by atoms with Crippen LogP contribution in [0.4, 0.5) is 17.1 Å². The number of benzene rings is 2. The Hall–Kier alpha value is -3.35. The predicted molar refractivity (Wildman–Crippen MR) is 108 cm³/mol. The molecule has 1 aliphatic carbocycles. The van der Waals surface area contributed by atoms with Crippen molar-refractivity contribution in [2.75, 3.05) is 30.0 Å². The van der Waals surface area contributed by atoms with Crippen LogP contribution >= 0.6 is 0 Å². The van der Waals surface area contributed by atoms with Crippen molar-refractivity contribution in [1.29, 1.82) is 0 Å². The lowest BCUT2D eigenvalue weighted by atomic mass is 9.81. The molecule has 1 amide bonds. The molecule has 1 aliphatic rings. The van der Waals surface area contributed by atoms with Crippen LogP contribution in [-0.4, -0.2) is 31.1 Å². The number of hydrogen-bond donors (Lipinski definition) is 3. The number of methoxy groups -OCH3 is 1. The van der Waals surface area contributed by atoms with Gasteiger partial charge in [-0.2, -0.15) is 0 Å². The standard InChI is InChI=1S/C21H23N3O4/c1-4-5-9-23-14-10-15(28-3)19(22)18-17(14)21(27)16-12(20(18)26)7-6-8-13(16)24-11(2)25/h6-8,10,23H,4-5,9,22H2,1-3H3,(H,24,25). The van der Waals surface area contributed by atoms with Gasteiger partial charge in [-0.3, -0.25) is 14.4 Å². The molecule has 0 fully saturated rings. The van der Waals surface area contributed by atoms with E-state index >= 15 is 0 Å². The number of unbranched alkanes of at least 4 members (excludes halogenated alkanes) is 1. The summed E-state index contributed by atoms with van der Waals surface area (Å²) >= 11 is 0. The van der Waals surface area contributed by atoms with E-state index in [-0.39, 0.29) is 45.4 Å². The lowest BCUT2D eigenvalue weighted by Crippen LogP contribution is -2.26. The fourth-order valence-electron chi connectivity index (χ4n) is 3.39. The third-order valence-corrected chi connectivity index (χ3v) is 4.70. The van der Waals surface area contributed by atoms with E-state index in [1.165, 1.54) is 14.0 Å². The largest absolute Gasteiger partial charge is 0.494 e. The Bertz CT molecular complexity index is 982. The van der Waals surface area contributed by atoms with Crippen LogP contribution in [0.3, 0.4) is 0 Å². The molecule has 2 aromatic carbocycles. The molecule has 28 heavy (non-hydrogen) atoms. The molecule has 2 aromatic rings. The second kappa shape index (κ2) is 7.72. The zero-order valence-electron chi connectivity index (χ0n) is 16.1. The summed E-state index contributed by atoms with van der Waals surface area (Å²) in [6.07, 6.45) is 1.88. The molecule has 0 unspecified atom stereocenters. The van der Waals surface area contributed by atoms with Crippen LogP contribution in [0.2, 0.25) is 0 Å². The first-order valence-corrected chi connectivity index (χ1v) is 9.15. The van der Waals surface area contributed by atoms with Gasteiger partial charge in [0, 0.05) is 30.8 Å². The number of carbonyl (C=O) groups is 3. The van der Waals surface area contributed by atoms with Gasteiger partial charge in [0.15, 0.2) is 11.6 Å². The second-order valence-electron chi connectivity index (χ2n) is 6.64.